The Kier molecular flexibility index (Phi) is 6.15. The fourth-order valence-electron chi connectivity index (χ4n) is 2.99. The number of nitrogens with one attached hydrogen (secondary N) is 1. The molecule has 0 aliphatic rings. The molecular formula is C20H26N2O4S. The van der Waals surface area contributed by atoms with E-state index in [2.05, 4.69) is 5.32 Å². The number of methoxy groups -OCH3 is 1. The molecule has 0 bridgehead atoms. The van der Waals surface area contributed by atoms with Crippen LogP contribution in [0.4, 0.5) is 11.4 Å². The molecule has 0 saturated carbocycles. The van der Waals surface area contributed by atoms with Crippen molar-refractivity contribution in [3.8, 4) is 5.75 Å². The van der Waals surface area contributed by atoms with Gasteiger partial charge in [-0.25, -0.2) is 8.42 Å². The van der Waals surface area contributed by atoms with Gasteiger partial charge in [0.15, 0.2) is 0 Å². The Morgan fingerprint density at radius 1 is 1.11 bits per heavy atom. The Labute approximate surface area is 161 Å². The lowest BCUT2D eigenvalue weighted by atomic mass is 10.1. The lowest BCUT2D eigenvalue weighted by molar-refractivity contribution is -0.116. The zero-order valence-corrected chi connectivity index (χ0v) is 17.3. The normalized spacial score (nSPS) is 12.4. The van der Waals surface area contributed by atoms with Crippen LogP contribution in [0.15, 0.2) is 36.4 Å². The van der Waals surface area contributed by atoms with E-state index in [0.29, 0.717) is 17.1 Å². The van der Waals surface area contributed by atoms with Gasteiger partial charge in [-0.15, -0.1) is 0 Å². The maximum absolute atomic E-state index is 12.9. The molecule has 27 heavy (non-hydrogen) atoms. The number of hydrogen-bond acceptors (Lipinski definition) is 4. The Bertz CT molecular complexity index is 934. The summed E-state index contributed by atoms with van der Waals surface area (Å²) in [6, 6.07) is 9.95. The standard InChI is InChI=1S/C20H26N2O4S/c1-13-10-11-18(26-5)17(12-13)22(27(6,24)25)16(4)20(23)21-19-14(2)8-7-9-15(19)3/h7-12,16H,1-6H3,(H,21,23)/t16-/m0/s1. The highest BCUT2D eigenvalue weighted by atomic mass is 32.2. The topological polar surface area (TPSA) is 75.7 Å². The second kappa shape index (κ2) is 8.00. The number of para-hydroxylation sites is 1. The minimum atomic E-state index is -3.73. The van der Waals surface area contributed by atoms with Crippen LogP contribution in [0.25, 0.3) is 0 Å². The van der Waals surface area contributed by atoms with E-state index < -0.39 is 22.0 Å². The van der Waals surface area contributed by atoms with Crippen molar-refractivity contribution in [2.75, 3.05) is 23.0 Å². The number of ether oxygens (including phenoxy) is 1. The van der Waals surface area contributed by atoms with Crippen molar-refractivity contribution >= 4 is 27.3 Å². The highest BCUT2D eigenvalue weighted by Gasteiger charge is 2.31. The van der Waals surface area contributed by atoms with E-state index in [4.69, 9.17) is 4.74 Å². The second-order valence-electron chi connectivity index (χ2n) is 6.67. The van der Waals surface area contributed by atoms with Gasteiger partial charge in [-0.2, -0.15) is 0 Å². The maximum atomic E-state index is 12.9. The van der Waals surface area contributed by atoms with Crippen LogP contribution in [0.1, 0.15) is 23.6 Å². The Balaban J connectivity index is 2.46. The summed E-state index contributed by atoms with van der Waals surface area (Å²) in [6.45, 7) is 7.20. The number of aryl methyl sites for hydroxylation is 3. The molecule has 0 radical (unpaired) electrons. The van der Waals surface area contributed by atoms with Crippen molar-refractivity contribution in [1.29, 1.82) is 0 Å². The smallest absolute Gasteiger partial charge is 0.248 e. The highest BCUT2D eigenvalue weighted by Crippen LogP contribution is 2.33. The third-order valence-corrected chi connectivity index (χ3v) is 5.62. The minimum Gasteiger partial charge on any atom is -0.495 e. The molecule has 0 fully saturated rings. The van der Waals surface area contributed by atoms with Gasteiger partial charge in [-0.3, -0.25) is 9.10 Å². The van der Waals surface area contributed by atoms with Crippen LogP contribution in [0.2, 0.25) is 0 Å². The van der Waals surface area contributed by atoms with E-state index in [1.807, 2.05) is 45.0 Å². The molecular weight excluding hydrogens is 364 g/mol. The highest BCUT2D eigenvalue weighted by molar-refractivity contribution is 7.92. The third-order valence-electron chi connectivity index (χ3n) is 4.39. The molecule has 1 atom stereocenters. The molecule has 2 rings (SSSR count). The van der Waals surface area contributed by atoms with Crippen molar-refractivity contribution in [2.24, 2.45) is 0 Å². The van der Waals surface area contributed by atoms with Crippen LogP contribution in [-0.4, -0.2) is 33.7 Å². The van der Waals surface area contributed by atoms with Crippen LogP contribution in [0, 0.1) is 20.8 Å². The summed E-state index contributed by atoms with van der Waals surface area (Å²) in [7, 11) is -2.26. The van der Waals surface area contributed by atoms with E-state index in [9.17, 15) is 13.2 Å². The van der Waals surface area contributed by atoms with E-state index >= 15 is 0 Å². The van der Waals surface area contributed by atoms with Crippen LogP contribution in [0.5, 0.6) is 5.75 Å². The number of rotatable bonds is 6. The number of amides is 1. The number of sulfonamides is 1. The molecule has 0 aliphatic carbocycles. The number of hydrogen-bond donors (Lipinski definition) is 1. The number of carbonyl (C=O) groups excluding carboxylic acids is 1. The van der Waals surface area contributed by atoms with Crippen molar-refractivity contribution in [2.45, 2.75) is 33.7 Å². The number of nitrogens with zero attached hydrogens (tertiary/aromatic N) is 1. The van der Waals surface area contributed by atoms with Gasteiger partial charge in [-0.05, 0) is 56.5 Å². The molecule has 0 spiro atoms. The van der Waals surface area contributed by atoms with Crippen LogP contribution < -0.4 is 14.4 Å². The monoisotopic (exact) mass is 390 g/mol. The van der Waals surface area contributed by atoms with E-state index in [1.165, 1.54) is 7.11 Å². The van der Waals surface area contributed by atoms with Gasteiger partial charge >= 0.3 is 0 Å². The SMILES string of the molecule is COc1ccc(C)cc1N([C@@H](C)C(=O)Nc1c(C)cccc1C)S(C)(=O)=O. The summed E-state index contributed by atoms with van der Waals surface area (Å²) in [5.74, 6) is -0.0286. The van der Waals surface area contributed by atoms with E-state index in [1.54, 1.807) is 19.1 Å². The molecule has 2 aromatic carbocycles. The van der Waals surface area contributed by atoms with Gasteiger partial charge in [0.2, 0.25) is 15.9 Å². The van der Waals surface area contributed by atoms with E-state index in [0.717, 1.165) is 27.3 Å². The summed E-state index contributed by atoms with van der Waals surface area (Å²) in [6.07, 6.45) is 1.08. The first-order chi connectivity index (χ1) is 12.6. The Morgan fingerprint density at radius 3 is 2.22 bits per heavy atom. The van der Waals surface area contributed by atoms with Gasteiger partial charge in [0.25, 0.3) is 0 Å². The average Bonchev–Trinajstić information content (AvgIpc) is 2.57. The summed E-state index contributed by atoms with van der Waals surface area (Å²) < 4.78 is 31.5. The van der Waals surface area contributed by atoms with Gasteiger partial charge in [0.1, 0.15) is 11.8 Å². The molecule has 7 heteroatoms. The largest absolute Gasteiger partial charge is 0.495 e. The molecule has 0 heterocycles. The van der Waals surface area contributed by atoms with Gasteiger partial charge in [0, 0.05) is 5.69 Å². The van der Waals surface area contributed by atoms with E-state index in [-0.39, 0.29) is 0 Å². The first-order valence-corrected chi connectivity index (χ1v) is 10.4. The first-order valence-electron chi connectivity index (χ1n) is 8.57. The Hall–Kier alpha value is -2.54. The van der Waals surface area contributed by atoms with Crippen molar-refractivity contribution in [1.82, 2.24) is 0 Å². The lowest BCUT2D eigenvalue weighted by Gasteiger charge is -2.30. The summed E-state index contributed by atoms with van der Waals surface area (Å²) >= 11 is 0. The minimum absolute atomic E-state index is 0.337. The van der Waals surface area contributed by atoms with Gasteiger partial charge in [0.05, 0.1) is 19.1 Å². The molecule has 0 unspecified atom stereocenters. The van der Waals surface area contributed by atoms with Gasteiger partial charge in [-0.1, -0.05) is 24.3 Å². The third kappa shape index (κ3) is 4.60. The maximum Gasteiger partial charge on any atom is 0.248 e. The molecule has 0 saturated heterocycles. The fraction of sp³-hybridized carbons (Fsp3) is 0.350. The number of anilines is 2. The molecule has 146 valence electrons. The van der Waals surface area contributed by atoms with Gasteiger partial charge < -0.3 is 10.1 Å². The Morgan fingerprint density at radius 2 is 1.70 bits per heavy atom. The zero-order valence-electron chi connectivity index (χ0n) is 16.5. The van der Waals surface area contributed by atoms with Crippen molar-refractivity contribution in [3.05, 3.63) is 53.1 Å². The van der Waals surface area contributed by atoms with Crippen LogP contribution in [-0.2, 0) is 14.8 Å². The summed E-state index contributed by atoms with van der Waals surface area (Å²) in [4.78, 5) is 12.9. The summed E-state index contributed by atoms with van der Waals surface area (Å²) in [5.41, 5.74) is 3.72. The second-order valence-corrected chi connectivity index (χ2v) is 8.53. The molecule has 0 aliphatic heterocycles. The average molecular weight is 391 g/mol. The zero-order chi connectivity index (χ0) is 20.4. The lowest BCUT2D eigenvalue weighted by Crippen LogP contribution is -2.45. The quantitative estimate of drug-likeness (QED) is 0.820. The predicted octanol–water partition coefficient (Wildman–Crippen LogP) is 3.41. The van der Waals surface area contributed by atoms with Crippen LogP contribution in [0.3, 0.4) is 0 Å². The van der Waals surface area contributed by atoms with Crippen molar-refractivity contribution < 1.29 is 17.9 Å². The van der Waals surface area contributed by atoms with Crippen molar-refractivity contribution in [3.63, 3.8) is 0 Å². The molecule has 6 nitrogen and oxygen atoms in total. The molecule has 1 amide bonds. The fourth-order valence-corrected chi connectivity index (χ4v) is 4.16. The first kappa shape index (κ1) is 20.8. The number of benzene rings is 2. The predicted molar refractivity (Wildman–Crippen MR) is 109 cm³/mol. The molecule has 2 aromatic rings. The number of carbonyl (C=O) groups is 1. The molecule has 1 N–H and O–H groups in total. The molecule has 0 aromatic heterocycles. The van der Waals surface area contributed by atoms with Crippen LogP contribution >= 0.6 is 0 Å². The summed E-state index contributed by atoms with van der Waals surface area (Å²) in [5, 5.41) is 2.87.